The van der Waals surface area contributed by atoms with Gasteiger partial charge in [0.1, 0.15) is 11.6 Å². The van der Waals surface area contributed by atoms with Gasteiger partial charge in [-0.3, -0.25) is 0 Å². The molecule has 3 aromatic heterocycles. The Balaban J connectivity index is 1.72. The standard InChI is InChI=1S/C14H14N4O2S/c1-8-6-11(16-10(3)15-8)7-21-14-18-17-13(20-14)12-4-5-19-9(12)2/h4-6H,7H2,1-3H3. The van der Waals surface area contributed by atoms with Crippen LogP contribution in [0.1, 0.15) is 23.0 Å². The number of hydrogen-bond acceptors (Lipinski definition) is 7. The van der Waals surface area contributed by atoms with Crippen molar-refractivity contribution in [1.29, 1.82) is 0 Å². The number of aromatic nitrogens is 4. The number of rotatable bonds is 4. The molecule has 0 fully saturated rings. The van der Waals surface area contributed by atoms with E-state index >= 15 is 0 Å². The average Bonchev–Trinajstić information content (AvgIpc) is 3.03. The minimum Gasteiger partial charge on any atom is -0.469 e. The van der Waals surface area contributed by atoms with E-state index in [1.165, 1.54) is 11.8 Å². The highest BCUT2D eigenvalue weighted by Crippen LogP contribution is 2.27. The van der Waals surface area contributed by atoms with Gasteiger partial charge in [-0.25, -0.2) is 9.97 Å². The van der Waals surface area contributed by atoms with E-state index in [0.29, 0.717) is 16.9 Å². The minimum absolute atomic E-state index is 0.471. The molecule has 0 N–H and O–H groups in total. The lowest BCUT2D eigenvalue weighted by Gasteiger charge is -2.01. The Bertz CT molecular complexity index is 746. The Hall–Kier alpha value is -2.15. The predicted octanol–water partition coefficient (Wildman–Crippen LogP) is 3.34. The number of nitrogens with zero attached hydrogens (tertiary/aromatic N) is 4. The summed E-state index contributed by atoms with van der Waals surface area (Å²) in [5, 5.41) is 8.58. The van der Waals surface area contributed by atoms with Gasteiger partial charge in [0.25, 0.3) is 11.1 Å². The summed E-state index contributed by atoms with van der Waals surface area (Å²) in [6.07, 6.45) is 1.61. The highest BCUT2D eigenvalue weighted by molar-refractivity contribution is 7.98. The molecule has 0 aromatic carbocycles. The zero-order valence-electron chi connectivity index (χ0n) is 12.0. The van der Waals surface area contributed by atoms with Gasteiger partial charge in [-0.2, -0.15) is 0 Å². The fourth-order valence-electron chi connectivity index (χ4n) is 1.99. The zero-order valence-corrected chi connectivity index (χ0v) is 12.8. The van der Waals surface area contributed by atoms with E-state index in [4.69, 9.17) is 8.83 Å². The van der Waals surface area contributed by atoms with Crippen molar-refractivity contribution in [2.45, 2.75) is 31.7 Å². The van der Waals surface area contributed by atoms with Crippen LogP contribution in [0.15, 0.2) is 32.5 Å². The molecule has 3 heterocycles. The first kappa shape index (κ1) is 13.8. The lowest BCUT2D eigenvalue weighted by atomic mass is 10.3. The molecule has 0 aliphatic carbocycles. The van der Waals surface area contributed by atoms with Gasteiger partial charge >= 0.3 is 0 Å². The molecule has 0 amide bonds. The molecule has 0 radical (unpaired) electrons. The smallest absolute Gasteiger partial charge is 0.277 e. The Kier molecular flexibility index (Phi) is 3.74. The lowest BCUT2D eigenvalue weighted by Crippen LogP contribution is -1.95. The summed E-state index contributed by atoms with van der Waals surface area (Å²) in [6.45, 7) is 5.70. The van der Waals surface area contributed by atoms with Crippen molar-refractivity contribution in [3.63, 3.8) is 0 Å². The Morgan fingerprint density at radius 2 is 2.00 bits per heavy atom. The van der Waals surface area contributed by atoms with Crippen molar-refractivity contribution in [1.82, 2.24) is 20.2 Å². The summed E-state index contributed by atoms with van der Waals surface area (Å²) >= 11 is 1.45. The maximum Gasteiger partial charge on any atom is 0.277 e. The van der Waals surface area contributed by atoms with Crippen LogP contribution in [0, 0.1) is 20.8 Å². The van der Waals surface area contributed by atoms with E-state index in [-0.39, 0.29) is 0 Å². The molecule has 108 valence electrons. The summed E-state index contributed by atoms with van der Waals surface area (Å²) < 4.78 is 10.9. The first-order valence-corrected chi connectivity index (χ1v) is 7.42. The second-order valence-corrected chi connectivity index (χ2v) is 5.53. The Morgan fingerprint density at radius 1 is 1.14 bits per heavy atom. The third-order valence-corrected chi connectivity index (χ3v) is 3.71. The molecule has 3 aromatic rings. The highest BCUT2D eigenvalue weighted by Gasteiger charge is 2.13. The number of hydrogen-bond donors (Lipinski definition) is 0. The Labute approximate surface area is 126 Å². The molecule has 3 rings (SSSR count). The van der Waals surface area contributed by atoms with Crippen molar-refractivity contribution in [2.24, 2.45) is 0 Å². The molecule has 0 bridgehead atoms. The monoisotopic (exact) mass is 302 g/mol. The van der Waals surface area contributed by atoms with Crippen LogP contribution >= 0.6 is 11.8 Å². The molecular formula is C14H14N4O2S. The summed E-state index contributed by atoms with van der Waals surface area (Å²) in [5.74, 6) is 2.66. The topological polar surface area (TPSA) is 77.8 Å². The highest BCUT2D eigenvalue weighted by atomic mass is 32.2. The third kappa shape index (κ3) is 3.13. The predicted molar refractivity (Wildman–Crippen MR) is 77.8 cm³/mol. The van der Waals surface area contributed by atoms with Crippen LogP contribution in [-0.2, 0) is 5.75 Å². The van der Waals surface area contributed by atoms with Crippen LogP contribution in [-0.4, -0.2) is 20.2 Å². The second-order valence-electron chi connectivity index (χ2n) is 4.60. The van der Waals surface area contributed by atoms with Crippen molar-refractivity contribution in [3.8, 4) is 11.5 Å². The van der Waals surface area contributed by atoms with Crippen molar-refractivity contribution in [3.05, 3.63) is 41.4 Å². The molecule has 0 aliphatic heterocycles. The van der Waals surface area contributed by atoms with Crippen molar-refractivity contribution in [2.75, 3.05) is 0 Å². The molecule has 0 atom stereocenters. The van der Waals surface area contributed by atoms with Gasteiger partial charge < -0.3 is 8.83 Å². The van der Waals surface area contributed by atoms with Gasteiger partial charge in [-0.15, -0.1) is 10.2 Å². The van der Waals surface area contributed by atoms with Crippen LogP contribution in [0.4, 0.5) is 0 Å². The molecule has 0 saturated carbocycles. The average molecular weight is 302 g/mol. The molecular weight excluding hydrogens is 288 g/mol. The normalized spacial score (nSPS) is 11.0. The molecule has 7 heteroatoms. The molecule has 0 unspecified atom stereocenters. The molecule has 0 spiro atoms. The maximum atomic E-state index is 5.63. The fourth-order valence-corrected chi connectivity index (χ4v) is 2.64. The van der Waals surface area contributed by atoms with Crippen LogP contribution in [0.3, 0.4) is 0 Å². The molecule has 6 nitrogen and oxygen atoms in total. The fraction of sp³-hybridized carbons (Fsp3) is 0.286. The zero-order chi connectivity index (χ0) is 14.8. The minimum atomic E-state index is 0.471. The molecule has 21 heavy (non-hydrogen) atoms. The number of furan rings is 1. The van der Waals surface area contributed by atoms with E-state index < -0.39 is 0 Å². The quantitative estimate of drug-likeness (QED) is 0.684. The van der Waals surface area contributed by atoms with E-state index in [1.54, 1.807) is 6.26 Å². The van der Waals surface area contributed by atoms with Gasteiger partial charge in [0.2, 0.25) is 0 Å². The van der Waals surface area contributed by atoms with Gasteiger partial charge in [-0.05, 0) is 32.9 Å². The maximum absolute atomic E-state index is 5.63. The van der Waals surface area contributed by atoms with Gasteiger partial charge in [0, 0.05) is 11.4 Å². The van der Waals surface area contributed by atoms with E-state index in [2.05, 4.69) is 20.2 Å². The van der Waals surface area contributed by atoms with Gasteiger partial charge in [0.05, 0.1) is 17.5 Å². The van der Waals surface area contributed by atoms with Crippen LogP contribution in [0.5, 0.6) is 0 Å². The van der Waals surface area contributed by atoms with E-state index in [1.807, 2.05) is 32.9 Å². The summed E-state index contributed by atoms with van der Waals surface area (Å²) in [5.41, 5.74) is 2.73. The van der Waals surface area contributed by atoms with Crippen molar-refractivity contribution < 1.29 is 8.83 Å². The largest absolute Gasteiger partial charge is 0.469 e. The van der Waals surface area contributed by atoms with Crippen LogP contribution in [0.2, 0.25) is 0 Å². The first-order valence-electron chi connectivity index (χ1n) is 6.44. The second kappa shape index (κ2) is 5.69. The molecule has 0 saturated heterocycles. The number of thioether (sulfide) groups is 1. The van der Waals surface area contributed by atoms with Crippen LogP contribution < -0.4 is 0 Å². The first-order chi connectivity index (χ1) is 10.1. The van der Waals surface area contributed by atoms with Crippen molar-refractivity contribution >= 4 is 11.8 Å². The summed E-state index contributed by atoms with van der Waals surface area (Å²) in [7, 11) is 0. The van der Waals surface area contributed by atoms with E-state index in [0.717, 1.165) is 28.5 Å². The van der Waals surface area contributed by atoms with Gasteiger partial charge in [-0.1, -0.05) is 11.8 Å². The SMILES string of the molecule is Cc1cc(CSc2nnc(-c3ccoc3C)o2)nc(C)n1. The third-order valence-electron chi connectivity index (χ3n) is 2.86. The van der Waals surface area contributed by atoms with Crippen LogP contribution in [0.25, 0.3) is 11.5 Å². The summed E-state index contributed by atoms with van der Waals surface area (Å²) in [6, 6.07) is 3.77. The van der Waals surface area contributed by atoms with E-state index in [9.17, 15) is 0 Å². The summed E-state index contributed by atoms with van der Waals surface area (Å²) in [4.78, 5) is 8.64. The number of aryl methyl sites for hydroxylation is 3. The lowest BCUT2D eigenvalue weighted by molar-refractivity contribution is 0.463. The van der Waals surface area contributed by atoms with Gasteiger partial charge in [0.15, 0.2) is 0 Å². The Morgan fingerprint density at radius 3 is 2.71 bits per heavy atom. The molecule has 0 aliphatic rings.